The number of amides is 2. The predicted molar refractivity (Wildman–Crippen MR) is 84.5 cm³/mol. The number of nitrogens with zero attached hydrogens (tertiary/aromatic N) is 1. The van der Waals surface area contributed by atoms with E-state index >= 15 is 0 Å². The van der Waals surface area contributed by atoms with Crippen LogP contribution in [0.4, 0.5) is 14.9 Å². The van der Waals surface area contributed by atoms with Gasteiger partial charge >= 0.3 is 6.03 Å². The highest BCUT2D eigenvalue weighted by Gasteiger charge is 2.10. The van der Waals surface area contributed by atoms with Crippen LogP contribution in [0.1, 0.15) is 12.5 Å². The minimum Gasteiger partial charge on any atom is -0.494 e. The molecule has 0 aliphatic heterocycles. The Balaban J connectivity index is 1.97. The lowest BCUT2D eigenvalue weighted by molar-refractivity contribution is 0.220. The van der Waals surface area contributed by atoms with Crippen molar-refractivity contribution in [2.24, 2.45) is 0 Å². The Morgan fingerprint density at radius 1 is 1.23 bits per heavy atom. The van der Waals surface area contributed by atoms with E-state index in [0.717, 1.165) is 5.56 Å². The van der Waals surface area contributed by atoms with E-state index in [0.29, 0.717) is 24.6 Å². The molecule has 0 heterocycles. The molecule has 0 aliphatic rings. The van der Waals surface area contributed by atoms with Crippen molar-refractivity contribution in [3.63, 3.8) is 0 Å². The Morgan fingerprint density at radius 2 is 2.00 bits per heavy atom. The van der Waals surface area contributed by atoms with Gasteiger partial charge in [-0.3, -0.25) is 0 Å². The van der Waals surface area contributed by atoms with Crippen molar-refractivity contribution in [1.29, 1.82) is 0 Å². The summed E-state index contributed by atoms with van der Waals surface area (Å²) in [5, 5.41) is 2.79. The van der Waals surface area contributed by atoms with E-state index in [2.05, 4.69) is 5.32 Å². The van der Waals surface area contributed by atoms with Gasteiger partial charge in [0.15, 0.2) is 0 Å². The van der Waals surface area contributed by atoms with Crippen LogP contribution in [0.25, 0.3) is 0 Å². The highest BCUT2D eigenvalue weighted by molar-refractivity contribution is 5.89. The Morgan fingerprint density at radius 3 is 2.73 bits per heavy atom. The van der Waals surface area contributed by atoms with Crippen LogP contribution in [0, 0.1) is 5.82 Å². The summed E-state index contributed by atoms with van der Waals surface area (Å²) in [6.07, 6.45) is 0. The molecule has 2 aromatic carbocycles. The summed E-state index contributed by atoms with van der Waals surface area (Å²) >= 11 is 0. The summed E-state index contributed by atoms with van der Waals surface area (Å²) in [5.74, 6) is 0.392. The van der Waals surface area contributed by atoms with Crippen LogP contribution < -0.4 is 10.1 Å². The molecule has 0 fully saturated rings. The number of halogens is 1. The monoisotopic (exact) mass is 302 g/mol. The number of carbonyl (C=O) groups is 1. The van der Waals surface area contributed by atoms with E-state index < -0.39 is 0 Å². The Hall–Kier alpha value is -2.56. The van der Waals surface area contributed by atoms with Crippen LogP contribution in [-0.2, 0) is 6.54 Å². The van der Waals surface area contributed by atoms with Crippen molar-refractivity contribution in [1.82, 2.24) is 4.90 Å². The molecule has 0 bridgehead atoms. The second kappa shape index (κ2) is 7.45. The molecule has 2 amide bonds. The minimum absolute atomic E-state index is 0.266. The standard InChI is InChI=1S/C17H19FN2O2/c1-3-22-16-9-5-8-15(11-16)19-17(21)20(2)12-13-6-4-7-14(18)10-13/h4-11H,3,12H2,1-2H3,(H,19,21). The number of rotatable bonds is 5. The SMILES string of the molecule is CCOc1cccc(NC(=O)N(C)Cc2cccc(F)c2)c1. The van der Waals surface area contributed by atoms with Crippen LogP contribution in [0.2, 0.25) is 0 Å². The lowest BCUT2D eigenvalue weighted by Gasteiger charge is -2.18. The summed E-state index contributed by atoms with van der Waals surface area (Å²) in [4.78, 5) is 13.6. The molecule has 116 valence electrons. The van der Waals surface area contributed by atoms with Gasteiger partial charge in [0.25, 0.3) is 0 Å². The fourth-order valence-electron chi connectivity index (χ4n) is 2.03. The number of urea groups is 1. The van der Waals surface area contributed by atoms with Gasteiger partial charge < -0.3 is 15.0 Å². The molecule has 0 saturated heterocycles. The summed E-state index contributed by atoms with van der Waals surface area (Å²) in [6.45, 7) is 2.80. The third-order valence-electron chi connectivity index (χ3n) is 3.05. The number of anilines is 1. The molecule has 0 unspecified atom stereocenters. The third kappa shape index (κ3) is 4.48. The molecule has 0 spiro atoms. The molecular weight excluding hydrogens is 283 g/mol. The molecule has 0 saturated carbocycles. The zero-order valence-corrected chi connectivity index (χ0v) is 12.7. The first-order valence-corrected chi connectivity index (χ1v) is 7.08. The first-order chi connectivity index (χ1) is 10.6. The quantitative estimate of drug-likeness (QED) is 0.910. The van der Waals surface area contributed by atoms with Crippen LogP contribution >= 0.6 is 0 Å². The molecule has 4 nitrogen and oxygen atoms in total. The minimum atomic E-state index is -0.310. The smallest absolute Gasteiger partial charge is 0.321 e. The second-order valence-corrected chi connectivity index (χ2v) is 4.88. The topological polar surface area (TPSA) is 41.6 Å². The van der Waals surface area contributed by atoms with E-state index in [1.165, 1.54) is 17.0 Å². The van der Waals surface area contributed by atoms with E-state index in [-0.39, 0.29) is 11.8 Å². The first-order valence-electron chi connectivity index (χ1n) is 7.08. The van der Waals surface area contributed by atoms with E-state index in [9.17, 15) is 9.18 Å². The van der Waals surface area contributed by atoms with Crippen LogP contribution in [-0.4, -0.2) is 24.6 Å². The Kier molecular flexibility index (Phi) is 5.36. The molecular formula is C17H19FN2O2. The van der Waals surface area contributed by atoms with Crippen LogP contribution in [0.5, 0.6) is 5.75 Å². The number of hydrogen-bond donors (Lipinski definition) is 1. The van der Waals surface area contributed by atoms with Crippen molar-refractivity contribution in [3.8, 4) is 5.75 Å². The Bertz CT molecular complexity index is 646. The summed E-state index contributed by atoms with van der Waals surface area (Å²) in [7, 11) is 1.66. The molecule has 0 aliphatic carbocycles. The molecule has 2 rings (SSSR count). The van der Waals surface area contributed by atoms with Gasteiger partial charge in [-0.05, 0) is 36.8 Å². The van der Waals surface area contributed by atoms with E-state index in [4.69, 9.17) is 4.74 Å². The fraction of sp³-hybridized carbons (Fsp3) is 0.235. The number of hydrogen-bond acceptors (Lipinski definition) is 2. The molecule has 5 heteroatoms. The zero-order chi connectivity index (χ0) is 15.9. The predicted octanol–water partition coefficient (Wildman–Crippen LogP) is 3.89. The van der Waals surface area contributed by atoms with Gasteiger partial charge in [0.05, 0.1) is 6.61 Å². The van der Waals surface area contributed by atoms with Gasteiger partial charge in [-0.1, -0.05) is 18.2 Å². The van der Waals surface area contributed by atoms with Crippen LogP contribution in [0.3, 0.4) is 0 Å². The molecule has 0 aromatic heterocycles. The van der Waals surface area contributed by atoms with E-state index in [1.807, 2.05) is 19.1 Å². The number of carbonyl (C=O) groups excluding carboxylic acids is 1. The maximum atomic E-state index is 13.1. The average Bonchev–Trinajstić information content (AvgIpc) is 2.48. The Labute approximate surface area is 129 Å². The van der Waals surface area contributed by atoms with Gasteiger partial charge in [-0.25, -0.2) is 9.18 Å². The highest BCUT2D eigenvalue weighted by Crippen LogP contribution is 2.18. The third-order valence-corrected chi connectivity index (χ3v) is 3.05. The van der Waals surface area contributed by atoms with Crippen molar-refractivity contribution in [2.45, 2.75) is 13.5 Å². The fourth-order valence-corrected chi connectivity index (χ4v) is 2.03. The van der Waals surface area contributed by atoms with Gasteiger partial charge in [-0.2, -0.15) is 0 Å². The van der Waals surface area contributed by atoms with Crippen molar-refractivity contribution in [2.75, 3.05) is 19.0 Å². The molecule has 2 aromatic rings. The van der Waals surface area contributed by atoms with Gasteiger partial charge in [-0.15, -0.1) is 0 Å². The molecule has 1 N–H and O–H groups in total. The average molecular weight is 302 g/mol. The second-order valence-electron chi connectivity index (χ2n) is 4.88. The largest absolute Gasteiger partial charge is 0.494 e. The normalized spacial score (nSPS) is 10.1. The number of nitrogens with one attached hydrogen (secondary N) is 1. The van der Waals surface area contributed by atoms with Crippen LogP contribution in [0.15, 0.2) is 48.5 Å². The zero-order valence-electron chi connectivity index (χ0n) is 12.7. The number of benzene rings is 2. The highest BCUT2D eigenvalue weighted by atomic mass is 19.1. The summed E-state index contributed by atoms with van der Waals surface area (Å²) in [6, 6.07) is 13.1. The summed E-state index contributed by atoms with van der Waals surface area (Å²) in [5.41, 5.74) is 1.39. The van der Waals surface area contributed by atoms with Crippen molar-refractivity contribution >= 4 is 11.7 Å². The molecule has 0 radical (unpaired) electrons. The van der Waals surface area contributed by atoms with E-state index in [1.54, 1.807) is 31.3 Å². The summed E-state index contributed by atoms with van der Waals surface area (Å²) < 4.78 is 18.5. The number of ether oxygens (including phenoxy) is 1. The maximum absolute atomic E-state index is 13.1. The van der Waals surface area contributed by atoms with Gasteiger partial charge in [0.2, 0.25) is 0 Å². The lowest BCUT2D eigenvalue weighted by atomic mass is 10.2. The molecule has 22 heavy (non-hydrogen) atoms. The first kappa shape index (κ1) is 15.8. The van der Waals surface area contributed by atoms with Crippen molar-refractivity contribution < 1.29 is 13.9 Å². The molecule has 0 atom stereocenters. The van der Waals surface area contributed by atoms with Gasteiger partial charge in [0, 0.05) is 25.3 Å². The van der Waals surface area contributed by atoms with Gasteiger partial charge in [0.1, 0.15) is 11.6 Å². The maximum Gasteiger partial charge on any atom is 0.321 e. The van der Waals surface area contributed by atoms with Crippen molar-refractivity contribution in [3.05, 3.63) is 59.9 Å². The lowest BCUT2D eigenvalue weighted by Crippen LogP contribution is -2.30.